The van der Waals surface area contributed by atoms with Gasteiger partial charge in [0.15, 0.2) is 0 Å². The van der Waals surface area contributed by atoms with Crippen LogP contribution in [0, 0.1) is 12.7 Å². The van der Waals surface area contributed by atoms with Crippen LogP contribution >= 0.6 is 0 Å². The van der Waals surface area contributed by atoms with Gasteiger partial charge in [-0.05, 0) is 31.0 Å². The number of aryl methyl sites for hydroxylation is 2. The van der Waals surface area contributed by atoms with Crippen LogP contribution in [0.5, 0.6) is 0 Å². The van der Waals surface area contributed by atoms with Crippen molar-refractivity contribution in [2.45, 2.75) is 19.9 Å². The Morgan fingerprint density at radius 2 is 2.26 bits per heavy atom. The fourth-order valence-electron chi connectivity index (χ4n) is 1.83. The van der Waals surface area contributed by atoms with Gasteiger partial charge in [-0.1, -0.05) is 6.07 Å². The summed E-state index contributed by atoms with van der Waals surface area (Å²) < 4.78 is 20.7. The third kappa shape index (κ3) is 3.54. The summed E-state index contributed by atoms with van der Waals surface area (Å²) >= 11 is 0. The van der Waals surface area contributed by atoms with Crippen molar-refractivity contribution in [1.82, 2.24) is 9.55 Å². The van der Waals surface area contributed by atoms with E-state index >= 15 is 0 Å². The average Bonchev–Trinajstić information content (AvgIpc) is 2.81. The number of nitrogens with zero attached hydrogens (tertiary/aromatic N) is 2. The number of methoxy groups -OCH3 is 1. The van der Waals surface area contributed by atoms with E-state index in [1.54, 1.807) is 19.4 Å². The van der Waals surface area contributed by atoms with Crippen LogP contribution in [-0.2, 0) is 11.3 Å². The molecule has 0 fully saturated rings. The van der Waals surface area contributed by atoms with Crippen LogP contribution < -0.4 is 5.32 Å². The summed E-state index contributed by atoms with van der Waals surface area (Å²) in [4.78, 5) is 4.20. The number of ether oxygens (including phenoxy) is 1. The van der Waals surface area contributed by atoms with E-state index in [0.29, 0.717) is 18.2 Å². The number of anilines is 2. The van der Waals surface area contributed by atoms with Crippen molar-refractivity contribution in [3.63, 3.8) is 0 Å². The second-order valence-corrected chi connectivity index (χ2v) is 4.40. The number of halogens is 1. The normalized spacial score (nSPS) is 10.7. The van der Waals surface area contributed by atoms with E-state index in [4.69, 9.17) is 4.74 Å². The van der Waals surface area contributed by atoms with Crippen LogP contribution in [0.15, 0.2) is 30.6 Å². The molecule has 19 heavy (non-hydrogen) atoms. The van der Waals surface area contributed by atoms with Crippen LogP contribution in [0.1, 0.15) is 12.0 Å². The van der Waals surface area contributed by atoms with Crippen molar-refractivity contribution in [2.75, 3.05) is 19.0 Å². The molecule has 2 rings (SSSR count). The molecule has 0 aliphatic carbocycles. The zero-order valence-electron chi connectivity index (χ0n) is 11.2. The number of aromatic nitrogens is 2. The fraction of sp³-hybridized carbons (Fsp3) is 0.357. The Balaban J connectivity index is 2.08. The molecular weight excluding hydrogens is 245 g/mol. The van der Waals surface area contributed by atoms with Crippen LogP contribution in [0.3, 0.4) is 0 Å². The van der Waals surface area contributed by atoms with E-state index in [1.165, 1.54) is 6.07 Å². The molecule has 1 aromatic carbocycles. The fourth-order valence-corrected chi connectivity index (χ4v) is 1.83. The van der Waals surface area contributed by atoms with Crippen LogP contribution in [0.25, 0.3) is 0 Å². The molecule has 1 heterocycles. The zero-order valence-corrected chi connectivity index (χ0v) is 11.2. The monoisotopic (exact) mass is 263 g/mol. The highest BCUT2D eigenvalue weighted by molar-refractivity contribution is 5.55. The standard InChI is InChI=1S/C14H18FN3O/c1-11-4-5-13(12(15)10-11)17-14-16-6-8-18(14)7-3-9-19-2/h4-6,8,10H,3,7,9H2,1-2H3,(H,16,17). The minimum absolute atomic E-state index is 0.272. The molecule has 0 saturated carbocycles. The van der Waals surface area contributed by atoms with Gasteiger partial charge in [0.25, 0.3) is 0 Å². The highest BCUT2D eigenvalue weighted by Gasteiger charge is 2.06. The van der Waals surface area contributed by atoms with Gasteiger partial charge in [0.2, 0.25) is 5.95 Å². The maximum Gasteiger partial charge on any atom is 0.207 e. The number of nitrogens with one attached hydrogen (secondary N) is 1. The predicted molar refractivity (Wildman–Crippen MR) is 73.1 cm³/mol. The molecule has 0 spiro atoms. The molecule has 0 aliphatic heterocycles. The molecule has 0 bridgehead atoms. The summed E-state index contributed by atoms with van der Waals surface area (Å²) in [6.07, 6.45) is 4.45. The SMILES string of the molecule is COCCCn1ccnc1Nc1ccc(C)cc1F. The first-order chi connectivity index (χ1) is 9.20. The van der Waals surface area contributed by atoms with Gasteiger partial charge in [0.05, 0.1) is 5.69 Å². The summed E-state index contributed by atoms with van der Waals surface area (Å²) in [5, 5.41) is 3.01. The van der Waals surface area contributed by atoms with E-state index in [1.807, 2.05) is 23.8 Å². The molecule has 102 valence electrons. The third-order valence-corrected chi connectivity index (χ3v) is 2.83. The summed E-state index contributed by atoms with van der Waals surface area (Å²) in [6, 6.07) is 5.09. The summed E-state index contributed by atoms with van der Waals surface area (Å²) in [5.41, 5.74) is 1.33. The summed E-state index contributed by atoms with van der Waals surface area (Å²) in [5.74, 6) is 0.366. The number of rotatable bonds is 6. The van der Waals surface area contributed by atoms with Crippen molar-refractivity contribution in [1.29, 1.82) is 0 Å². The lowest BCUT2D eigenvalue weighted by atomic mass is 10.2. The Kier molecular flexibility index (Phi) is 4.52. The molecule has 0 amide bonds. The first kappa shape index (κ1) is 13.5. The first-order valence-corrected chi connectivity index (χ1v) is 6.24. The Labute approximate surface area is 112 Å². The van der Waals surface area contributed by atoms with Crippen molar-refractivity contribution in [2.24, 2.45) is 0 Å². The van der Waals surface area contributed by atoms with E-state index in [2.05, 4.69) is 10.3 Å². The van der Waals surface area contributed by atoms with Gasteiger partial charge in [-0.2, -0.15) is 0 Å². The molecule has 5 heteroatoms. The molecule has 0 saturated heterocycles. The lowest BCUT2D eigenvalue weighted by Crippen LogP contribution is -2.06. The van der Waals surface area contributed by atoms with Crippen LogP contribution in [-0.4, -0.2) is 23.3 Å². The Bertz CT molecular complexity index is 539. The Morgan fingerprint density at radius 3 is 3.00 bits per heavy atom. The quantitative estimate of drug-likeness (QED) is 0.814. The van der Waals surface area contributed by atoms with Gasteiger partial charge in [-0.25, -0.2) is 9.37 Å². The Hall–Kier alpha value is -1.88. The van der Waals surface area contributed by atoms with Crippen molar-refractivity contribution in [3.05, 3.63) is 42.0 Å². The maximum atomic E-state index is 13.8. The van der Waals surface area contributed by atoms with Gasteiger partial charge in [0, 0.05) is 32.7 Å². The lowest BCUT2D eigenvalue weighted by Gasteiger charge is -2.10. The van der Waals surface area contributed by atoms with Crippen LogP contribution in [0.4, 0.5) is 16.0 Å². The second-order valence-electron chi connectivity index (χ2n) is 4.40. The topological polar surface area (TPSA) is 39.1 Å². The van der Waals surface area contributed by atoms with Gasteiger partial charge < -0.3 is 14.6 Å². The number of imidazole rings is 1. The Morgan fingerprint density at radius 1 is 1.42 bits per heavy atom. The van der Waals surface area contributed by atoms with E-state index in [-0.39, 0.29) is 5.82 Å². The minimum Gasteiger partial charge on any atom is -0.385 e. The lowest BCUT2D eigenvalue weighted by molar-refractivity contribution is 0.190. The average molecular weight is 263 g/mol. The van der Waals surface area contributed by atoms with Crippen molar-refractivity contribution in [3.8, 4) is 0 Å². The molecule has 1 aromatic heterocycles. The zero-order chi connectivity index (χ0) is 13.7. The van der Waals surface area contributed by atoms with Gasteiger partial charge in [0.1, 0.15) is 5.82 Å². The number of hydrogen-bond donors (Lipinski definition) is 1. The smallest absolute Gasteiger partial charge is 0.207 e. The molecule has 0 unspecified atom stereocenters. The third-order valence-electron chi connectivity index (χ3n) is 2.83. The number of benzene rings is 1. The van der Waals surface area contributed by atoms with E-state index in [0.717, 1.165) is 18.5 Å². The maximum absolute atomic E-state index is 13.8. The van der Waals surface area contributed by atoms with Crippen molar-refractivity contribution >= 4 is 11.6 Å². The second kappa shape index (κ2) is 6.33. The molecule has 0 aliphatic rings. The van der Waals surface area contributed by atoms with Gasteiger partial charge in [-0.15, -0.1) is 0 Å². The summed E-state index contributed by atoms with van der Waals surface area (Å²) in [6.45, 7) is 3.33. The van der Waals surface area contributed by atoms with Crippen LogP contribution in [0.2, 0.25) is 0 Å². The first-order valence-electron chi connectivity index (χ1n) is 6.24. The number of hydrogen-bond acceptors (Lipinski definition) is 3. The molecule has 2 aromatic rings. The van der Waals surface area contributed by atoms with Gasteiger partial charge in [-0.3, -0.25) is 0 Å². The minimum atomic E-state index is -0.272. The predicted octanol–water partition coefficient (Wildman–Crippen LogP) is 3.11. The molecule has 4 nitrogen and oxygen atoms in total. The van der Waals surface area contributed by atoms with Gasteiger partial charge >= 0.3 is 0 Å². The largest absolute Gasteiger partial charge is 0.385 e. The van der Waals surface area contributed by atoms with Crippen molar-refractivity contribution < 1.29 is 9.13 Å². The highest BCUT2D eigenvalue weighted by Crippen LogP contribution is 2.19. The summed E-state index contributed by atoms with van der Waals surface area (Å²) in [7, 11) is 1.68. The van der Waals surface area contributed by atoms with E-state index in [9.17, 15) is 4.39 Å². The highest BCUT2D eigenvalue weighted by atomic mass is 19.1. The molecular formula is C14H18FN3O. The molecule has 0 radical (unpaired) electrons. The molecule has 0 atom stereocenters. The molecule has 1 N–H and O–H groups in total. The van der Waals surface area contributed by atoms with E-state index < -0.39 is 0 Å².